The van der Waals surface area contributed by atoms with E-state index in [9.17, 15) is 4.79 Å². The number of ether oxygens (including phenoxy) is 1. The molecule has 6 rings (SSSR count). The van der Waals surface area contributed by atoms with Gasteiger partial charge in [-0.2, -0.15) is 0 Å². The highest BCUT2D eigenvalue weighted by Gasteiger charge is 2.30. The van der Waals surface area contributed by atoms with Crippen molar-refractivity contribution in [2.45, 2.75) is 57.4 Å². The zero-order valence-electron chi connectivity index (χ0n) is 24.9. The van der Waals surface area contributed by atoms with Gasteiger partial charge < -0.3 is 20.3 Å². The molecule has 0 spiro atoms. The van der Waals surface area contributed by atoms with Crippen LogP contribution in [0, 0.1) is 5.92 Å². The van der Waals surface area contributed by atoms with E-state index in [-0.39, 0.29) is 11.8 Å². The number of ketones is 1. The van der Waals surface area contributed by atoms with Gasteiger partial charge in [0.05, 0.1) is 19.6 Å². The number of likely N-dealkylation sites (tertiary alicyclic amines) is 2. The molecular formula is C36H46N4O2. The van der Waals surface area contributed by atoms with Crippen LogP contribution in [-0.4, -0.2) is 72.3 Å². The van der Waals surface area contributed by atoms with Gasteiger partial charge in [-0.1, -0.05) is 48.5 Å². The van der Waals surface area contributed by atoms with E-state index in [4.69, 9.17) is 10.5 Å². The van der Waals surface area contributed by atoms with Gasteiger partial charge in [0.15, 0.2) is 5.78 Å². The molecule has 2 aliphatic heterocycles. The Labute approximate surface area is 251 Å². The topological polar surface area (TPSA) is 62.0 Å². The minimum atomic E-state index is 0.189. The number of Topliss-reactive ketones (excluding diaryl/α,β-unsaturated/α-hetero) is 1. The van der Waals surface area contributed by atoms with E-state index in [0.29, 0.717) is 13.1 Å². The number of para-hydroxylation sites is 1. The summed E-state index contributed by atoms with van der Waals surface area (Å²) in [6.07, 6.45) is 13.1. The summed E-state index contributed by atoms with van der Waals surface area (Å²) < 4.78 is 6.23. The van der Waals surface area contributed by atoms with Crippen molar-refractivity contribution in [3.63, 3.8) is 0 Å². The first kappa shape index (κ1) is 28.8. The Bertz CT molecular complexity index is 1290. The Morgan fingerprint density at radius 2 is 1.64 bits per heavy atom. The highest BCUT2D eigenvalue weighted by Crippen LogP contribution is 2.36. The fourth-order valence-corrected chi connectivity index (χ4v) is 6.70. The molecule has 6 heteroatoms. The van der Waals surface area contributed by atoms with Crippen molar-refractivity contribution in [3.05, 3.63) is 101 Å². The normalized spacial score (nSPS) is 21.1. The molecule has 1 saturated carbocycles. The van der Waals surface area contributed by atoms with Gasteiger partial charge >= 0.3 is 0 Å². The summed E-state index contributed by atoms with van der Waals surface area (Å²) in [6, 6.07) is 21.1. The Hall–Kier alpha value is -3.35. The average molecular weight is 567 g/mol. The number of allylic oxidation sites excluding steroid dienone is 4. The van der Waals surface area contributed by atoms with Gasteiger partial charge in [0.1, 0.15) is 11.5 Å². The zero-order chi connectivity index (χ0) is 28.7. The summed E-state index contributed by atoms with van der Waals surface area (Å²) in [4.78, 5) is 20.7. The maximum Gasteiger partial charge on any atom is 0.166 e. The van der Waals surface area contributed by atoms with Crippen LogP contribution in [-0.2, 0) is 11.2 Å². The van der Waals surface area contributed by atoms with Crippen LogP contribution in [0.3, 0.4) is 0 Å². The molecule has 2 N–H and O–H groups in total. The van der Waals surface area contributed by atoms with Gasteiger partial charge in [0, 0.05) is 43.6 Å². The number of carbonyl (C=O) groups is 1. The van der Waals surface area contributed by atoms with Crippen LogP contribution < -0.4 is 10.5 Å². The van der Waals surface area contributed by atoms with Gasteiger partial charge in [0.25, 0.3) is 0 Å². The summed E-state index contributed by atoms with van der Waals surface area (Å²) in [5.74, 6) is 2.72. The Balaban J connectivity index is 1.15. The van der Waals surface area contributed by atoms with Gasteiger partial charge in [-0.05, 0) is 92.7 Å². The molecule has 42 heavy (non-hydrogen) atoms. The van der Waals surface area contributed by atoms with Crippen LogP contribution in [0.25, 0.3) is 0 Å². The van der Waals surface area contributed by atoms with Crippen LogP contribution >= 0.6 is 0 Å². The number of carbonyl (C=O) groups excluding carboxylic acids is 1. The number of rotatable bonds is 12. The fourth-order valence-electron chi connectivity index (χ4n) is 6.70. The molecule has 3 fully saturated rings. The predicted molar refractivity (Wildman–Crippen MR) is 169 cm³/mol. The van der Waals surface area contributed by atoms with E-state index >= 15 is 0 Å². The monoisotopic (exact) mass is 566 g/mol. The number of hydrogen-bond donors (Lipinski definition) is 1. The first-order valence-electron chi connectivity index (χ1n) is 16.0. The van der Waals surface area contributed by atoms with Gasteiger partial charge in [-0.15, -0.1) is 0 Å². The third-order valence-electron chi connectivity index (χ3n) is 9.13. The molecule has 0 radical (unpaired) electrons. The first-order valence-corrected chi connectivity index (χ1v) is 16.0. The van der Waals surface area contributed by atoms with Crippen LogP contribution in [0.15, 0.2) is 95.5 Å². The molecule has 1 unspecified atom stereocenters. The van der Waals surface area contributed by atoms with Crippen molar-refractivity contribution in [2.24, 2.45) is 11.7 Å². The third kappa shape index (κ3) is 7.93. The van der Waals surface area contributed by atoms with Crippen molar-refractivity contribution in [1.82, 2.24) is 14.7 Å². The van der Waals surface area contributed by atoms with E-state index in [1.807, 2.05) is 30.3 Å². The molecule has 2 aromatic carbocycles. The summed E-state index contributed by atoms with van der Waals surface area (Å²) in [5.41, 5.74) is 11.8. The third-order valence-corrected chi connectivity index (χ3v) is 9.13. The second kappa shape index (κ2) is 13.7. The smallest absolute Gasteiger partial charge is 0.166 e. The maximum absolute atomic E-state index is 13.5. The van der Waals surface area contributed by atoms with Gasteiger partial charge in [-0.25, -0.2) is 0 Å². The van der Waals surface area contributed by atoms with Crippen molar-refractivity contribution < 1.29 is 9.53 Å². The van der Waals surface area contributed by atoms with Crippen LogP contribution in [0.2, 0.25) is 0 Å². The van der Waals surface area contributed by atoms with E-state index in [2.05, 4.69) is 57.2 Å². The Morgan fingerprint density at radius 3 is 2.33 bits per heavy atom. The highest BCUT2D eigenvalue weighted by atomic mass is 16.5. The van der Waals surface area contributed by atoms with E-state index in [1.54, 1.807) is 5.57 Å². The number of hydrogen-bond acceptors (Lipinski definition) is 6. The average Bonchev–Trinajstić information content (AvgIpc) is 3.77. The molecule has 6 nitrogen and oxygen atoms in total. The standard InChI is InChI=1S/C36H46N4O2/c37-31-18-19-38(24-31)25-33(41)26-40(32-10-7-13-35(23-32)42-34-11-5-2-6-12-34)27-36(30-14-15-30)39-20-16-29(17-21-39)22-28-8-3-1-4-9-28/h1-6,8-9,11-13,23,29,31H,7,10,14-22,24-27,37H2. The lowest BCUT2D eigenvalue weighted by molar-refractivity contribution is -0.120. The molecule has 222 valence electrons. The lowest BCUT2D eigenvalue weighted by Gasteiger charge is -2.38. The molecule has 2 saturated heterocycles. The van der Waals surface area contributed by atoms with Gasteiger partial charge in [0.2, 0.25) is 0 Å². The van der Waals surface area contributed by atoms with Crippen LogP contribution in [0.4, 0.5) is 0 Å². The number of nitrogens with zero attached hydrogens (tertiary/aromatic N) is 3. The second-order valence-electron chi connectivity index (χ2n) is 12.5. The van der Waals surface area contributed by atoms with Gasteiger partial charge in [-0.3, -0.25) is 9.69 Å². The van der Waals surface area contributed by atoms with Crippen molar-refractivity contribution in [2.75, 3.05) is 45.8 Å². The molecule has 0 bridgehead atoms. The highest BCUT2D eigenvalue weighted by molar-refractivity contribution is 5.82. The summed E-state index contributed by atoms with van der Waals surface area (Å²) >= 11 is 0. The number of benzene rings is 2. The fraction of sp³-hybridized carbons (Fsp3) is 0.472. The van der Waals surface area contributed by atoms with Crippen molar-refractivity contribution in [1.29, 1.82) is 0 Å². The lowest BCUT2D eigenvalue weighted by atomic mass is 9.90. The summed E-state index contributed by atoms with van der Waals surface area (Å²) in [6.45, 7) is 5.65. The number of nitrogens with two attached hydrogens (primary N) is 1. The minimum Gasteiger partial charge on any atom is -0.458 e. The zero-order valence-corrected chi connectivity index (χ0v) is 24.9. The molecule has 1 atom stereocenters. The van der Waals surface area contributed by atoms with E-state index in [0.717, 1.165) is 69.4 Å². The van der Waals surface area contributed by atoms with E-state index in [1.165, 1.54) is 49.1 Å². The molecule has 2 heterocycles. The van der Waals surface area contributed by atoms with Crippen LogP contribution in [0.5, 0.6) is 5.75 Å². The molecular weight excluding hydrogens is 520 g/mol. The molecule has 0 aromatic heterocycles. The summed E-state index contributed by atoms with van der Waals surface area (Å²) in [7, 11) is 0. The lowest BCUT2D eigenvalue weighted by Crippen LogP contribution is -2.42. The minimum absolute atomic E-state index is 0.189. The maximum atomic E-state index is 13.5. The summed E-state index contributed by atoms with van der Waals surface area (Å²) in [5, 5.41) is 0. The number of piperidine rings is 1. The molecule has 2 aromatic rings. The largest absolute Gasteiger partial charge is 0.458 e. The second-order valence-corrected chi connectivity index (χ2v) is 12.5. The molecule has 2 aliphatic carbocycles. The SMILES string of the molecule is NC1CCN(CC(=O)CN(CC(=C2CC2)N2CCC(Cc3ccccc3)CC2)C2=CC(Oc3ccccc3)=CCC2)C1. The predicted octanol–water partition coefficient (Wildman–Crippen LogP) is 5.53. The quantitative estimate of drug-likeness (QED) is 0.364. The van der Waals surface area contributed by atoms with Crippen LogP contribution in [0.1, 0.15) is 50.5 Å². The van der Waals surface area contributed by atoms with E-state index < -0.39 is 0 Å². The first-order chi connectivity index (χ1) is 20.6. The molecule has 4 aliphatic rings. The van der Waals surface area contributed by atoms with Crippen molar-refractivity contribution in [3.8, 4) is 5.75 Å². The Kier molecular flexibility index (Phi) is 9.41. The Morgan fingerprint density at radius 1 is 0.905 bits per heavy atom. The molecule has 0 amide bonds. The van der Waals surface area contributed by atoms with Crippen molar-refractivity contribution >= 4 is 5.78 Å².